The average molecular weight is 266 g/mol. The van der Waals surface area contributed by atoms with Crippen LogP contribution in [-0.2, 0) is 6.54 Å². The van der Waals surface area contributed by atoms with Crippen LogP contribution in [0.4, 0.5) is 5.82 Å². The number of nitrogens with two attached hydrogens (primary N) is 1. The van der Waals surface area contributed by atoms with Gasteiger partial charge in [-0.15, -0.1) is 0 Å². The highest BCUT2D eigenvalue weighted by Crippen LogP contribution is 2.15. The maximum Gasteiger partial charge on any atom is 0.182 e. The van der Waals surface area contributed by atoms with Gasteiger partial charge in [-0.3, -0.25) is 0 Å². The number of aromatic nitrogens is 4. The van der Waals surface area contributed by atoms with E-state index in [0.29, 0.717) is 36.6 Å². The molecule has 8 heteroatoms. The number of rotatable bonds is 6. The molecule has 8 nitrogen and oxygen atoms in total. The lowest BCUT2D eigenvalue weighted by atomic mass is 10.3. The number of nitrogens with zero attached hydrogens (tertiary/aromatic N) is 5. The topological polar surface area (TPSA) is 113 Å². The second kappa shape index (κ2) is 5.91. The predicted molar refractivity (Wildman–Crippen MR) is 70.3 cm³/mol. The van der Waals surface area contributed by atoms with E-state index in [1.807, 2.05) is 11.9 Å². The fraction of sp³-hybridized carbons (Fsp3) is 0.545. The second-order valence-electron chi connectivity index (χ2n) is 4.47. The standard InChI is InChI=1S/C11H18N6O2/c1-16(2-3-18)4-8(19)5-17-7-15-11-9(17)10(12)13-6-14-11/h6-8,18-19H,2-5H2,1H3,(H2,12,13,14). The Bertz CT molecular complexity index is 543. The summed E-state index contributed by atoms with van der Waals surface area (Å²) >= 11 is 0. The molecule has 2 aromatic rings. The molecule has 4 N–H and O–H groups in total. The zero-order valence-corrected chi connectivity index (χ0v) is 10.8. The normalized spacial score (nSPS) is 13.3. The molecule has 0 aliphatic rings. The summed E-state index contributed by atoms with van der Waals surface area (Å²) in [7, 11) is 1.84. The molecule has 0 amide bonds. The number of imidazole rings is 1. The van der Waals surface area contributed by atoms with E-state index in [1.54, 1.807) is 10.9 Å². The van der Waals surface area contributed by atoms with E-state index in [1.165, 1.54) is 6.33 Å². The molecule has 0 fully saturated rings. The maximum atomic E-state index is 10.0. The smallest absolute Gasteiger partial charge is 0.182 e. The van der Waals surface area contributed by atoms with Crippen molar-refractivity contribution in [2.75, 3.05) is 32.5 Å². The van der Waals surface area contributed by atoms with Crippen molar-refractivity contribution in [1.29, 1.82) is 0 Å². The van der Waals surface area contributed by atoms with Crippen LogP contribution in [0.15, 0.2) is 12.7 Å². The monoisotopic (exact) mass is 266 g/mol. The number of likely N-dealkylation sites (N-methyl/N-ethyl adjacent to an activating group) is 1. The number of aliphatic hydroxyl groups is 2. The molecule has 0 bridgehead atoms. The summed E-state index contributed by atoms with van der Waals surface area (Å²) in [5.41, 5.74) is 6.94. The van der Waals surface area contributed by atoms with Crippen molar-refractivity contribution in [2.45, 2.75) is 12.6 Å². The molecule has 0 saturated heterocycles. The van der Waals surface area contributed by atoms with Crippen LogP contribution in [0.25, 0.3) is 11.2 Å². The number of hydrogen-bond acceptors (Lipinski definition) is 7. The van der Waals surface area contributed by atoms with Gasteiger partial charge in [0.2, 0.25) is 0 Å². The van der Waals surface area contributed by atoms with E-state index in [9.17, 15) is 5.11 Å². The van der Waals surface area contributed by atoms with Crippen LogP contribution in [0.3, 0.4) is 0 Å². The third-order valence-electron chi connectivity index (χ3n) is 2.85. The van der Waals surface area contributed by atoms with Crippen molar-refractivity contribution in [2.24, 2.45) is 0 Å². The molecule has 1 atom stereocenters. The Morgan fingerprint density at radius 2 is 2.21 bits per heavy atom. The van der Waals surface area contributed by atoms with Gasteiger partial charge in [0.1, 0.15) is 11.8 Å². The van der Waals surface area contributed by atoms with Crippen LogP contribution < -0.4 is 5.73 Å². The van der Waals surface area contributed by atoms with E-state index in [0.717, 1.165) is 0 Å². The van der Waals surface area contributed by atoms with E-state index in [-0.39, 0.29) is 6.61 Å². The zero-order chi connectivity index (χ0) is 13.8. The van der Waals surface area contributed by atoms with Crippen LogP contribution in [0.1, 0.15) is 0 Å². The summed E-state index contributed by atoms with van der Waals surface area (Å²) in [6.45, 7) is 1.39. The first-order chi connectivity index (χ1) is 9.11. The largest absolute Gasteiger partial charge is 0.395 e. The molecule has 0 aromatic carbocycles. The molecule has 1 unspecified atom stereocenters. The van der Waals surface area contributed by atoms with Crippen molar-refractivity contribution in [3.05, 3.63) is 12.7 Å². The SMILES string of the molecule is CN(CCO)CC(O)Cn1cnc2ncnc(N)c21. The van der Waals surface area contributed by atoms with Gasteiger partial charge in [-0.05, 0) is 7.05 Å². The molecule has 104 valence electrons. The van der Waals surface area contributed by atoms with Crippen LogP contribution in [0.5, 0.6) is 0 Å². The number of aliphatic hydroxyl groups excluding tert-OH is 2. The summed E-state index contributed by atoms with van der Waals surface area (Å²) in [6, 6.07) is 0. The number of anilines is 1. The summed E-state index contributed by atoms with van der Waals surface area (Å²) in [6.07, 6.45) is 2.36. The maximum absolute atomic E-state index is 10.0. The lowest BCUT2D eigenvalue weighted by molar-refractivity contribution is 0.101. The van der Waals surface area contributed by atoms with E-state index in [4.69, 9.17) is 10.8 Å². The molecule has 2 heterocycles. The second-order valence-corrected chi connectivity index (χ2v) is 4.47. The van der Waals surface area contributed by atoms with Crippen molar-refractivity contribution in [3.63, 3.8) is 0 Å². The van der Waals surface area contributed by atoms with Crippen LogP contribution in [-0.4, -0.2) is 67.5 Å². The lowest BCUT2D eigenvalue weighted by Crippen LogP contribution is -2.33. The highest BCUT2D eigenvalue weighted by atomic mass is 16.3. The van der Waals surface area contributed by atoms with Gasteiger partial charge in [0, 0.05) is 13.1 Å². The van der Waals surface area contributed by atoms with Crippen LogP contribution in [0, 0.1) is 0 Å². The summed E-state index contributed by atoms with van der Waals surface area (Å²) in [5.74, 6) is 0.346. The van der Waals surface area contributed by atoms with Crippen molar-refractivity contribution in [1.82, 2.24) is 24.4 Å². The zero-order valence-electron chi connectivity index (χ0n) is 10.8. The molecule has 0 saturated carbocycles. The number of fused-ring (bicyclic) bond motifs is 1. The number of hydrogen-bond donors (Lipinski definition) is 3. The third-order valence-corrected chi connectivity index (χ3v) is 2.85. The molecule has 2 rings (SSSR count). The van der Waals surface area contributed by atoms with Crippen LogP contribution >= 0.6 is 0 Å². The van der Waals surface area contributed by atoms with Gasteiger partial charge < -0.3 is 25.4 Å². The Labute approximate surface area is 110 Å². The van der Waals surface area contributed by atoms with Crippen molar-refractivity contribution < 1.29 is 10.2 Å². The van der Waals surface area contributed by atoms with Gasteiger partial charge in [0.25, 0.3) is 0 Å². The first kappa shape index (κ1) is 13.7. The summed E-state index contributed by atoms with van der Waals surface area (Å²) in [5, 5.41) is 18.8. The van der Waals surface area contributed by atoms with Gasteiger partial charge in [-0.1, -0.05) is 0 Å². The Morgan fingerprint density at radius 1 is 1.42 bits per heavy atom. The van der Waals surface area contributed by atoms with Gasteiger partial charge >= 0.3 is 0 Å². The highest BCUT2D eigenvalue weighted by Gasteiger charge is 2.13. The van der Waals surface area contributed by atoms with Crippen molar-refractivity contribution in [3.8, 4) is 0 Å². The van der Waals surface area contributed by atoms with E-state index >= 15 is 0 Å². The van der Waals surface area contributed by atoms with E-state index in [2.05, 4.69) is 15.0 Å². The van der Waals surface area contributed by atoms with Gasteiger partial charge in [-0.25, -0.2) is 15.0 Å². The van der Waals surface area contributed by atoms with Gasteiger partial charge in [-0.2, -0.15) is 0 Å². The van der Waals surface area contributed by atoms with Gasteiger partial charge in [0.15, 0.2) is 11.5 Å². The molecule has 0 radical (unpaired) electrons. The predicted octanol–water partition coefficient (Wildman–Crippen LogP) is -1.31. The average Bonchev–Trinajstić information content (AvgIpc) is 2.74. The summed E-state index contributed by atoms with van der Waals surface area (Å²) < 4.78 is 1.74. The Kier molecular flexibility index (Phi) is 4.25. The molecular weight excluding hydrogens is 248 g/mol. The molecular formula is C11H18N6O2. The molecule has 0 aliphatic heterocycles. The minimum absolute atomic E-state index is 0.0675. The molecule has 0 aliphatic carbocycles. The number of nitrogen functional groups attached to an aromatic ring is 1. The molecule has 2 aromatic heterocycles. The van der Waals surface area contributed by atoms with Gasteiger partial charge in [0.05, 0.1) is 25.6 Å². The first-order valence-corrected chi connectivity index (χ1v) is 6.00. The van der Waals surface area contributed by atoms with E-state index < -0.39 is 6.10 Å². The Morgan fingerprint density at radius 3 is 2.95 bits per heavy atom. The Balaban J connectivity index is 2.09. The van der Waals surface area contributed by atoms with Crippen LogP contribution in [0.2, 0.25) is 0 Å². The fourth-order valence-electron chi connectivity index (χ4n) is 1.98. The molecule has 0 spiro atoms. The Hall–Kier alpha value is -1.77. The fourth-order valence-corrected chi connectivity index (χ4v) is 1.98. The lowest BCUT2D eigenvalue weighted by Gasteiger charge is -2.20. The minimum Gasteiger partial charge on any atom is -0.395 e. The highest BCUT2D eigenvalue weighted by molar-refractivity contribution is 5.81. The quantitative estimate of drug-likeness (QED) is 0.595. The molecule has 19 heavy (non-hydrogen) atoms. The minimum atomic E-state index is -0.589. The third kappa shape index (κ3) is 3.16. The summed E-state index contributed by atoms with van der Waals surface area (Å²) in [4.78, 5) is 13.9. The first-order valence-electron chi connectivity index (χ1n) is 6.00. The van der Waals surface area contributed by atoms with Crippen molar-refractivity contribution >= 4 is 17.0 Å².